The number of alkyl halides is 1. The van der Waals surface area contributed by atoms with Crippen LogP contribution in [-0.4, -0.2) is 0 Å². The second kappa shape index (κ2) is 4.07. The van der Waals surface area contributed by atoms with E-state index in [0.717, 1.165) is 0 Å². The summed E-state index contributed by atoms with van der Waals surface area (Å²) in [6, 6.07) is 4.61. The van der Waals surface area contributed by atoms with Crippen molar-refractivity contribution in [2.45, 2.75) is 39.3 Å². The lowest BCUT2D eigenvalue weighted by Gasteiger charge is -2.05. The van der Waals surface area contributed by atoms with Gasteiger partial charge in [0.25, 0.3) is 0 Å². The van der Waals surface area contributed by atoms with Gasteiger partial charge in [0.15, 0.2) is 0 Å². The zero-order chi connectivity index (χ0) is 10.8. The van der Waals surface area contributed by atoms with E-state index in [1.165, 1.54) is 6.07 Å². The Hall–Kier alpha value is -0.920. The van der Waals surface area contributed by atoms with Crippen LogP contribution < -0.4 is 0 Å². The van der Waals surface area contributed by atoms with Crippen molar-refractivity contribution >= 4 is 0 Å². The first-order valence-corrected chi connectivity index (χ1v) is 5.07. The van der Waals surface area contributed by atoms with Crippen molar-refractivity contribution in [3.05, 3.63) is 35.1 Å². The fourth-order valence-electron chi connectivity index (χ4n) is 1.27. The molecule has 0 unspecified atom stereocenters. The largest absolute Gasteiger partial charge is 0.239 e. The molecule has 1 aromatic rings. The van der Waals surface area contributed by atoms with E-state index in [1.807, 2.05) is 13.8 Å². The highest BCUT2D eigenvalue weighted by atomic mass is 19.1. The van der Waals surface area contributed by atoms with Gasteiger partial charge in [-0.05, 0) is 37.0 Å². The van der Waals surface area contributed by atoms with E-state index < -0.39 is 5.67 Å². The lowest BCUT2D eigenvalue weighted by molar-refractivity contribution is 0.316. The predicted molar refractivity (Wildman–Crippen MR) is 54.5 cm³/mol. The van der Waals surface area contributed by atoms with Gasteiger partial charge in [-0.2, -0.15) is 0 Å². The molecule has 0 atom stereocenters. The first-order chi connectivity index (χ1) is 6.62. The van der Waals surface area contributed by atoms with Crippen molar-refractivity contribution in [3.8, 4) is 0 Å². The van der Waals surface area contributed by atoms with Crippen molar-refractivity contribution in [2.75, 3.05) is 0 Å². The average molecular weight is 198 g/mol. The summed E-state index contributed by atoms with van der Waals surface area (Å²) in [5.41, 5.74) is -0.150. The van der Waals surface area contributed by atoms with Gasteiger partial charge in [-0.3, -0.25) is 0 Å². The molecule has 0 N–H and O–H groups in total. The van der Waals surface area contributed by atoms with Crippen LogP contribution in [0.5, 0.6) is 0 Å². The lowest BCUT2D eigenvalue weighted by atomic mass is 10.1. The van der Waals surface area contributed by atoms with E-state index in [1.54, 1.807) is 19.1 Å². The Bertz CT molecular complexity index is 314. The minimum atomic E-state index is -1.21. The second-order valence-corrected chi connectivity index (χ2v) is 3.43. The number of hydrogen-bond acceptors (Lipinski definition) is 0. The van der Waals surface area contributed by atoms with Gasteiger partial charge in [-0.1, -0.05) is 26.0 Å². The molecule has 1 saturated carbocycles. The fourth-order valence-corrected chi connectivity index (χ4v) is 1.27. The molecule has 0 aliphatic heterocycles. The standard InChI is InChI=1S/C10H10F2.C2H6/c1-7-2-3-8(6-9(7)11)10(12)4-5-10;1-2/h2-3,6H,4-5H2,1H3;1-2H3. The van der Waals surface area contributed by atoms with Gasteiger partial charge >= 0.3 is 0 Å². The van der Waals surface area contributed by atoms with Crippen molar-refractivity contribution in [3.63, 3.8) is 0 Å². The summed E-state index contributed by atoms with van der Waals surface area (Å²) in [6.45, 7) is 5.68. The molecule has 1 aromatic carbocycles. The molecule has 1 aliphatic carbocycles. The summed E-state index contributed by atoms with van der Waals surface area (Å²) < 4.78 is 26.3. The van der Waals surface area contributed by atoms with Crippen LogP contribution in [0.25, 0.3) is 0 Å². The van der Waals surface area contributed by atoms with Gasteiger partial charge in [0, 0.05) is 0 Å². The SMILES string of the molecule is CC.Cc1ccc(C2(F)CC2)cc1F. The molecule has 78 valence electrons. The first-order valence-electron chi connectivity index (χ1n) is 5.07. The molecule has 14 heavy (non-hydrogen) atoms. The lowest BCUT2D eigenvalue weighted by Crippen LogP contribution is -1.98. The molecular weight excluding hydrogens is 182 g/mol. The summed E-state index contributed by atoms with van der Waals surface area (Å²) in [4.78, 5) is 0. The van der Waals surface area contributed by atoms with Gasteiger partial charge < -0.3 is 0 Å². The van der Waals surface area contributed by atoms with Crippen molar-refractivity contribution < 1.29 is 8.78 Å². The van der Waals surface area contributed by atoms with Crippen LogP contribution in [-0.2, 0) is 5.67 Å². The third-order valence-corrected chi connectivity index (χ3v) is 2.38. The molecule has 2 rings (SSSR count). The Labute approximate surface area is 84.0 Å². The van der Waals surface area contributed by atoms with Gasteiger partial charge in [0.05, 0.1) is 0 Å². The number of halogens is 2. The Morgan fingerprint density at radius 1 is 1.21 bits per heavy atom. The smallest absolute Gasteiger partial charge is 0.136 e. The predicted octanol–water partition coefficient (Wildman–Crippen LogP) is 4.12. The van der Waals surface area contributed by atoms with Crippen LogP contribution in [0, 0.1) is 12.7 Å². The number of rotatable bonds is 1. The van der Waals surface area contributed by atoms with Crippen LogP contribution in [0.3, 0.4) is 0 Å². The van der Waals surface area contributed by atoms with Gasteiger partial charge in [0.1, 0.15) is 11.5 Å². The molecule has 0 radical (unpaired) electrons. The Morgan fingerprint density at radius 3 is 2.21 bits per heavy atom. The number of benzene rings is 1. The zero-order valence-electron chi connectivity index (χ0n) is 8.90. The van der Waals surface area contributed by atoms with Crippen LogP contribution >= 0.6 is 0 Å². The third kappa shape index (κ3) is 2.11. The van der Waals surface area contributed by atoms with Gasteiger partial charge in [-0.15, -0.1) is 0 Å². The molecule has 0 bridgehead atoms. The molecule has 2 heteroatoms. The molecule has 0 nitrogen and oxygen atoms in total. The van der Waals surface area contributed by atoms with Crippen LogP contribution in [0.4, 0.5) is 8.78 Å². The fraction of sp³-hybridized carbons (Fsp3) is 0.500. The average Bonchev–Trinajstić information content (AvgIpc) is 2.93. The Balaban J connectivity index is 0.000000461. The molecule has 0 spiro atoms. The first kappa shape index (κ1) is 11.2. The molecule has 0 saturated heterocycles. The molecule has 1 fully saturated rings. The zero-order valence-corrected chi connectivity index (χ0v) is 8.90. The van der Waals surface area contributed by atoms with Gasteiger partial charge in [-0.25, -0.2) is 8.78 Å². The number of hydrogen-bond donors (Lipinski definition) is 0. The monoisotopic (exact) mass is 198 g/mol. The quantitative estimate of drug-likeness (QED) is 0.636. The van der Waals surface area contributed by atoms with E-state index in [4.69, 9.17) is 0 Å². The van der Waals surface area contributed by atoms with E-state index >= 15 is 0 Å². The van der Waals surface area contributed by atoms with Crippen LogP contribution in [0.2, 0.25) is 0 Å². The van der Waals surface area contributed by atoms with E-state index in [2.05, 4.69) is 0 Å². The minimum absolute atomic E-state index is 0.309. The summed E-state index contributed by atoms with van der Waals surface area (Å²) in [6.07, 6.45) is 1.07. The van der Waals surface area contributed by atoms with Gasteiger partial charge in [0.2, 0.25) is 0 Å². The van der Waals surface area contributed by atoms with Crippen molar-refractivity contribution in [1.29, 1.82) is 0 Å². The highest BCUT2D eigenvalue weighted by molar-refractivity contribution is 5.31. The van der Waals surface area contributed by atoms with Crippen molar-refractivity contribution in [1.82, 2.24) is 0 Å². The summed E-state index contributed by atoms with van der Waals surface area (Å²) in [5, 5.41) is 0. The maximum Gasteiger partial charge on any atom is 0.136 e. The summed E-state index contributed by atoms with van der Waals surface area (Å²) >= 11 is 0. The van der Waals surface area contributed by atoms with E-state index in [-0.39, 0.29) is 5.82 Å². The molecule has 0 amide bonds. The van der Waals surface area contributed by atoms with Crippen LogP contribution in [0.15, 0.2) is 18.2 Å². The maximum atomic E-state index is 13.4. The third-order valence-electron chi connectivity index (χ3n) is 2.38. The van der Waals surface area contributed by atoms with Crippen LogP contribution in [0.1, 0.15) is 37.8 Å². The maximum absolute atomic E-state index is 13.4. The second-order valence-electron chi connectivity index (χ2n) is 3.43. The number of aryl methyl sites for hydroxylation is 1. The highest BCUT2D eigenvalue weighted by Gasteiger charge is 2.45. The minimum Gasteiger partial charge on any atom is -0.239 e. The topological polar surface area (TPSA) is 0 Å². The normalized spacial score (nSPS) is 16.9. The molecule has 0 heterocycles. The van der Waals surface area contributed by atoms with Crippen molar-refractivity contribution in [2.24, 2.45) is 0 Å². The van der Waals surface area contributed by atoms with E-state index in [0.29, 0.717) is 24.0 Å². The molecular formula is C12H16F2. The summed E-state index contributed by atoms with van der Waals surface area (Å²) in [5.74, 6) is -0.309. The Kier molecular flexibility index (Phi) is 3.25. The molecule has 0 aromatic heterocycles. The molecule has 1 aliphatic rings. The van der Waals surface area contributed by atoms with E-state index in [9.17, 15) is 8.78 Å². The Morgan fingerprint density at radius 2 is 1.79 bits per heavy atom. The summed E-state index contributed by atoms with van der Waals surface area (Å²) in [7, 11) is 0. The highest BCUT2D eigenvalue weighted by Crippen LogP contribution is 2.49.